The molecule has 2 aromatic heterocycles. The summed E-state index contributed by atoms with van der Waals surface area (Å²) in [5.41, 5.74) is 1.46. The second kappa shape index (κ2) is 13.0. The van der Waals surface area contributed by atoms with Crippen molar-refractivity contribution in [2.75, 3.05) is 13.7 Å². The number of hydrogen-bond acceptors (Lipinski definition) is 8. The lowest BCUT2D eigenvalue weighted by atomic mass is 9.94. The second-order valence-corrected chi connectivity index (χ2v) is 12.8. The van der Waals surface area contributed by atoms with Gasteiger partial charge in [-0.25, -0.2) is 9.79 Å². The summed E-state index contributed by atoms with van der Waals surface area (Å²) >= 11 is 9.89. The topological polar surface area (TPSA) is 83.0 Å². The van der Waals surface area contributed by atoms with Gasteiger partial charge in [0.15, 0.2) is 9.89 Å². The largest absolute Gasteiger partial charge is 0.496 e. The average Bonchev–Trinajstić information content (AvgIpc) is 3.46. The molecule has 0 saturated heterocycles. The summed E-state index contributed by atoms with van der Waals surface area (Å²) in [5.74, 6) is 0.690. The molecular weight excluding hydrogens is 692 g/mol. The van der Waals surface area contributed by atoms with E-state index in [1.54, 1.807) is 24.7 Å². The quantitative estimate of drug-likeness (QED) is 0.176. The van der Waals surface area contributed by atoms with Gasteiger partial charge in [0.2, 0.25) is 0 Å². The zero-order chi connectivity index (χ0) is 29.1. The number of benzene rings is 2. The number of halogens is 2. The SMILES string of the molecule is CCCC1=C(C(=O)OCC)[C@@H](c2ccc(OC)c(Br)c2)n2c(s/c(=C/c3cc(Br)c(Sc4ccccc4)o3)c2=O)=N1. The normalized spacial score (nSPS) is 15.0. The molecule has 1 aliphatic heterocycles. The minimum Gasteiger partial charge on any atom is -0.496 e. The van der Waals surface area contributed by atoms with Crippen LogP contribution >= 0.6 is 55.0 Å². The van der Waals surface area contributed by atoms with Gasteiger partial charge in [-0.3, -0.25) is 9.36 Å². The lowest BCUT2D eigenvalue weighted by Gasteiger charge is -2.26. The first kappa shape index (κ1) is 29.6. The van der Waals surface area contributed by atoms with Crippen molar-refractivity contribution in [2.45, 2.75) is 42.7 Å². The Balaban J connectivity index is 1.66. The van der Waals surface area contributed by atoms with Gasteiger partial charge < -0.3 is 13.9 Å². The first-order chi connectivity index (χ1) is 19.8. The summed E-state index contributed by atoms with van der Waals surface area (Å²) in [7, 11) is 1.59. The van der Waals surface area contributed by atoms with Crippen molar-refractivity contribution in [1.82, 2.24) is 4.57 Å². The monoisotopic (exact) mass is 716 g/mol. The smallest absolute Gasteiger partial charge is 0.338 e. The van der Waals surface area contributed by atoms with E-state index in [1.165, 1.54) is 23.1 Å². The summed E-state index contributed by atoms with van der Waals surface area (Å²) in [6.07, 6.45) is 3.06. The molecule has 2 aromatic carbocycles. The van der Waals surface area contributed by atoms with E-state index >= 15 is 0 Å². The maximum absolute atomic E-state index is 14.0. The van der Waals surface area contributed by atoms with Gasteiger partial charge in [0, 0.05) is 11.0 Å². The van der Waals surface area contributed by atoms with Crippen LogP contribution in [0.3, 0.4) is 0 Å². The highest BCUT2D eigenvalue weighted by atomic mass is 79.9. The zero-order valence-corrected chi connectivity index (χ0v) is 27.3. The molecule has 0 saturated carbocycles. The molecule has 0 radical (unpaired) electrons. The number of esters is 1. The molecule has 1 aliphatic rings. The van der Waals surface area contributed by atoms with Crippen molar-refractivity contribution in [2.24, 2.45) is 4.99 Å². The predicted octanol–water partition coefficient (Wildman–Crippen LogP) is 6.86. The number of rotatable bonds is 9. The minimum absolute atomic E-state index is 0.210. The van der Waals surface area contributed by atoms with Crippen molar-refractivity contribution in [3.63, 3.8) is 0 Å². The highest BCUT2D eigenvalue weighted by molar-refractivity contribution is 9.10. The van der Waals surface area contributed by atoms with E-state index < -0.39 is 12.0 Å². The Morgan fingerprint density at radius 3 is 2.61 bits per heavy atom. The molecule has 11 heteroatoms. The van der Waals surface area contributed by atoms with Crippen LogP contribution in [0.15, 0.2) is 99.0 Å². The second-order valence-electron chi connectivity index (χ2n) is 9.01. The van der Waals surface area contributed by atoms with Gasteiger partial charge >= 0.3 is 5.97 Å². The van der Waals surface area contributed by atoms with Crippen molar-refractivity contribution in [3.05, 3.63) is 106 Å². The van der Waals surface area contributed by atoms with Crippen LogP contribution in [0.5, 0.6) is 5.75 Å². The number of thiazole rings is 1. The summed E-state index contributed by atoms with van der Waals surface area (Å²) in [6, 6.07) is 16.6. The number of fused-ring (bicyclic) bond motifs is 1. The van der Waals surface area contributed by atoms with Crippen LogP contribution in [0.1, 0.15) is 44.1 Å². The van der Waals surface area contributed by atoms with Crippen molar-refractivity contribution >= 4 is 67.0 Å². The van der Waals surface area contributed by atoms with E-state index in [9.17, 15) is 9.59 Å². The molecule has 0 bridgehead atoms. The summed E-state index contributed by atoms with van der Waals surface area (Å²) in [5, 5.41) is 0.686. The first-order valence-corrected chi connectivity index (χ1v) is 16.1. The molecule has 0 unspecified atom stereocenters. The zero-order valence-electron chi connectivity index (χ0n) is 22.5. The number of hydrogen-bond donors (Lipinski definition) is 0. The number of ether oxygens (including phenoxy) is 2. The van der Waals surface area contributed by atoms with Crippen molar-refractivity contribution < 1.29 is 18.7 Å². The molecule has 5 rings (SSSR count). The predicted molar refractivity (Wildman–Crippen MR) is 167 cm³/mol. The lowest BCUT2D eigenvalue weighted by molar-refractivity contribution is -0.139. The van der Waals surface area contributed by atoms with Crippen molar-refractivity contribution in [3.8, 4) is 5.75 Å². The average molecular weight is 718 g/mol. The number of furan rings is 1. The molecular formula is C30H26Br2N2O5S2. The molecule has 0 fully saturated rings. The Morgan fingerprint density at radius 2 is 1.93 bits per heavy atom. The molecule has 0 spiro atoms. The van der Waals surface area contributed by atoms with Gasteiger partial charge in [0.25, 0.3) is 5.56 Å². The van der Waals surface area contributed by atoms with Crippen LogP contribution in [-0.4, -0.2) is 24.3 Å². The van der Waals surface area contributed by atoms with E-state index in [-0.39, 0.29) is 12.2 Å². The number of allylic oxidation sites excluding steroid dienone is 1. The fourth-order valence-corrected chi connectivity index (χ4v) is 7.43. The maximum Gasteiger partial charge on any atom is 0.338 e. The molecule has 0 N–H and O–H groups in total. The van der Waals surface area contributed by atoms with Gasteiger partial charge in [-0.1, -0.05) is 60.7 Å². The molecule has 212 valence electrons. The Morgan fingerprint density at radius 1 is 1.15 bits per heavy atom. The lowest BCUT2D eigenvalue weighted by Crippen LogP contribution is -2.40. The molecule has 3 heterocycles. The molecule has 0 amide bonds. The Bertz CT molecular complexity index is 1810. The third-order valence-electron chi connectivity index (χ3n) is 6.29. The van der Waals surface area contributed by atoms with Gasteiger partial charge in [-0.05, 0) is 81.1 Å². The Hall–Kier alpha value is -2.86. The molecule has 41 heavy (non-hydrogen) atoms. The van der Waals surface area contributed by atoms with Gasteiger partial charge in [-0.2, -0.15) is 0 Å². The number of nitrogens with zero attached hydrogens (tertiary/aromatic N) is 2. The summed E-state index contributed by atoms with van der Waals surface area (Å²) in [4.78, 5) is 33.7. The number of carbonyl (C=O) groups excluding carboxylic acids is 1. The summed E-state index contributed by atoms with van der Waals surface area (Å²) in [6.45, 7) is 4.00. The number of methoxy groups -OCH3 is 1. The molecule has 4 aromatic rings. The maximum atomic E-state index is 14.0. The molecule has 0 aliphatic carbocycles. The van der Waals surface area contributed by atoms with Crippen LogP contribution < -0.4 is 19.6 Å². The first-order valence-electron chi connectivity index (χ1n) is 12.9. The van der Waals surface area contributed by atoms with Crippen LogP contribution in [0.4, 0.5) is 0 Å². The standard InChI is InChI=1S/C30H26Br2N2O5S2/c1-4-9-22-25(28(36)38-5-2)26(17-12-13-23(37-3)20(31)14-17)34-27(35)24(41-30(34)33-22)16-18-15-21(32)29(39-18)40-19-10-7-6-8-11-19/h6-8,10-16,26H,4-5,9H2,1-3H3/b24-16+/t26-/m1/s1. The van der Waals surface area contributed by atoms with E-state index in [1.807, 2.05) is 61.5 Å². The fourth-order valence-electron chi connectivity index (χ4n) is 4.52. The number of carbonyl (C=O) groups is 1. The Kier molecular flexibility index (Phi) is 9.38. The highest BCUT2D eigenvalue weighted by Gasteiger charge is 2.34. The number of aromatic nitrogens is 1. The Labute approximate surface area is 261 Å². The van der Waals surface area contributed by atoms with Gasteiger partial charge in [0.1, 0.15) is 11.5 Å². The van der Waals surface area contributed by atoms with E-state index in [0.717, 1.165) is 21.4 Å². The fraction of sp³-hybridized carbons (Fsp3) is 0.233. The van der Waals surface area contributed by atoms with Crippen LogP contribution in [0.25, 0.3) is 6.08 Å². The van der Waals surface area contributed by atoms with Crippen LogP contribution in [-0.2, 0) is 9.53 Å². The van der Waals surface area contributed by atoms with Crippen molar-refractivity contribution in [1.29, 1.82) is 0 Å². The van der Waals surface area contributed by atoms with E-state index in [2.05, 4.69) is 31.9 Å². The van der Waals surface area contributed by atoms with Gasteiger partial charge in [0.05, 0.1) is 44.5 Å². The van der Waals surface area contributed by atoms with Crippen LogP contribution in [0, 0.1) is 0 Å². The van der Waals surface area contributed by atoms with E-state index in [0.29, 0.717) is 48.1 Å². The third-order valence-corrected chi connectivity index (χ3v) is 9.74. The third kappa shape index (κ3) is 6.18. The van der Waals surface area contributed by atoms with Gasteiger partial charge in [-0.15, -0.1) is 0 Å². The van der Waals surface area contributed by atoms with E-state index in [4.69, 9.17) is 18.9 Å². The molecule has 7 nitrogen and oxygen atoms in total. The summed E-state index contributed by atoms with van der Waals surface area (Å²) < 4.78 is 20.5. The molecule has 1 atom stereocenters. The van der Waals surface area contributed by atoms with Crippen LogP contribution in [0.2, 0.25) is 0 Å². The highest BCUT2D eigenvalue weighted by Crippen LogP contribution is 2.37. The minimum atomic E-state index is -0.719.